The molecule has 1 aliphatic rings. The summed E-state index contributed by atoms with van der Waals surface area (Å²) in [6, 6.07) is 9.66. The van der Waals surface area contributed by atoms with Gasteiger partial charge in [-0.2, -0.15) is 18.3 Å². The van der Waals surface area contributed by atoms with Gasteiger partial charge < -0.3 is 19.7 Å². The Kier molecular flexibility index (Phi) is 8.16. The number of amides is 1. The van der Waals surface area contributed by atoms with Gasteiger partial charge >= 0.3 is 6.18 Å². The minimum Gasteiger partial charge on any atom is -0.490 e. The first kappa shape index (κ1) is 24.4. The fourth-order valence-electron chi connectivity index (χ4n) is 3.17. The van der Waals surface area contributed by atoms with Crippen molar-refractivity contribution >= 4 is 17.8 Å². The van der Waals surface area contributed by atoms with Crippen LogP contribution >= 0.6 is 0 Å². The summed E-state index contributed by atoms with van der Waals surface area (Å²) in [5.74, 6) is 0.219. The molecule has 10 heteroatoms. The fraction of sp³-hybridized carbons (Fsp3) is 0.391. The van der Waals surface area contributed by atoms with Crippen LogP contribution in [0.4, 0.5) is 18.9 Å². The minimum absolute atomic E-state index is 0.0407. The van der Waals surface area contributed by atoms with Crippen molar-refractivity contribution in [1.29, 1.82) is 0 Å². The Morgan fingerprint density at radius 2 is 1.85 bits per heavy atom. The summed E-state index contributed by atoms with van der Waals surface area (Å²) in [7, 11) is 2.08. The van der Waals surface area contributed by atoms with E-state index in [0.717, 1.165) is 43.9 Å². The molecule has 33 heavy (non-hydrogen) atoms. The second-order valence-corrected chi connectivity index (χ2v) is 7.56. The zero-order valence-corrected chi connectivity index (χ0v) is 18.6. The van der Waals surface area contributed by atoms with Gasteiger partial charge in [0.1, 0.15) is 0 Å². The molecule has 1 amide bonds. The highest BCUT2D eigenvalue weighted by Gasteiger charge is 2.30. The third-order valence-corrected chi connectivity index (χ3v) is 4.95. The van der Waals surface area contributed by atoms with E-state index in [1.165, 1.54) is 12.1 Å². The van der Waals surface area contributed by atoms with Crippen molar-refractivity contribution in [1.82, 2.24) is 9.91 Å². The molecule has 1 N–H and O–H groups in total. The molecule has 1 saturated heterocycles. The number of hydrogen-bond acceptors (Lipinski definition) is 6. The summed E-state index contributed by atoms with van der Waals surface area (Å²) in [6.45, 7) is 5.46. The summed E-state index contributed by atoms with van der Waals surface area (Å²) >= 11 is 0. The number of likely N-dealkylation sites (N-methyl/N-ethyl adjacent to an activating group) is 1. The lowest BCUT2D eigenvalue weighted by Crippen LogP contribution is -2.41. The van der Waals surface area contributed by atoms with Crippen molar-refractivity contribution < 1.29 is 27.4 Å². The van der Waals surface area contributed by atoms with Gasteiger partial charge in [-0.15, -0.1) is 0 Å². The molecule has 3 rings (SSSR count). The normalized spacial score (nSPS) is 15.0. The van der Waals surface area contributed by atoms with Gasteiger partial charge in [-0.1, -0.05) is 6.07 Å². The SMILES string of the molecule is CCOc1cc(/C=N/N2CCN(C)CC2)ccc1OCC(=O)Nc1cccc(C(F)(F)F)c1. The molecule has 2 aromatic rings. The number of nitrogens with zero attached hydrogens (tertiary/aromatic N) is 3. The van der Waals surface area contributed by atoms with E-state index in [-0.39, 0.29) is 12.3 Å². The molecule has 1 aliphatic heterocycles. The summed E-state index contributed by atoms with van der Waals surface area (Å²) in [4.78, 5) is 14.4. The first-order valence-corrected chi connectivity index (χ1v) is 10.6. The molecule has 0 spiro atoms. The van der Waals surface area contributed by atoms with Crippen LogP contribution in [-0.2, 0) is 11.0 Å². The predicted molar refractivity (Wildman–Crippen MR) is 120 cm³/mol. The molecule has 0 radical (unpaired) electrons. The van der Waals surface area contributed by atoms with Crippen LogP contribution in [0.5, 0.6) is 11.5 Å². The minimum atomic E-state index is -4.49. The van der Waals surface area contributed by atoms with Gasteiger partial charge in [0.2, 0.25) is 0 Å². The van der Waals surface area contributed by atoms with Crippen molar-refractivity contribution in [2.75, 3.05) is 51.8 Å². The Hall–Kier alpha value is -3.27. The van der Waals surface area contributed by atoms with Crippen LogP contribution in [0.3, 0.4) is 0 Å². The number of rotatable bonds is 8. The first-order chi connectivity index (χ1) is 15.7. The fourth-order valence-corrected chi connectivity index (χ4v) is 3.17. The Bertz CT molecular complexity index is 974. The number of nitrogens with one attached hydrogen (secondary N) is 1. The van der Waals surface area contributed by atoms with Gasteiger partial charge in [0.05, 0.1) is 18.4 Å². The number of halogens is 3. The Labute approximate surface area is 190 Å². The van der Waals surface area contributed by atoms with Crippen LogP contribution < -0.4 is 14.8 Å². The Balaban J connectivity index is 1.60. The van der Waals surface area contributed by atoms with E-state index in [9.17, 15) is 18.0 Å². The Morgan fingerprint density at radius 3 is 2.55 bits per heavy atom. The molecule has 178 valence electrons. The average Bonchev–Trinajstić information content (AvgIpc) is 2.78. The lowest BCUT2D eigenvalue weighted by atomic mass is 10.2. The summed E-state index contributed by atoms with van der Waals surface area (Å²) in [5.41, 5.74) is 0.0192. The predicted octanol–water partition coefficient (Wildman–Crippen LogP) is 3.70. The highest BCUT2D eigenvalue weighted by atomic mass is 19.4. The maximum Gasteiger partial charge on any atom is 0.416 e. The molecule has 0 aliphatic carbocycles. The van der Waals surface area contributed by atoms with Gasteiger partial charge in [0.15, 0.2) is 18.1 Å². The number of benzene rings is 2. The molecule has 0 atom stereocenters. The van der Waals surface area contributed by atoms with Crippen LogP contribution in [0.1, 0.15) is 18.1 Å². The lowest BCUT2D eigenvalue weighted by molar-refractivity contribution is -0.137. The maximum absolute atomic E-state index is 12.8. The van der Waals surface area contributed by atoms with Gasteiger partial charge in [-0.3, -0.25) is 9.80 Å². The van der Waals surface area contributed by atoms with Crippen LogP contribution in [0.25, 0.3) is 0 Å². The first-order valence-electron chi connectivity index (χ1n) is 10.6. The Morgan fingerprint density at radius 1 is 1.09 bits per heavy atom. The monoisotopic (exact) mass is 464 g/mol. The zero-order valence-electron chi connectivity index (χ0n) is 18.6. The van der Waals surface area contributed by atoms with Crippen LogP contribution in [0, 0.1) is 0 Å². The van der Waals surface area contributed by atoms with E-state index in [4.69, 9.17) is 9.47 Å². The number of alkyl halides is 3. The molecule has 7 nitrogen and oxygen atoms in total. The molecule has 1 fully saturated rings. The van der Waals surface area contributed by atoms with E-state index in [1.54, 1.807) is 24.4 Å². The molecule has 0 bridgehead atoms. The zero-order chi connectivity index (χ0) is 23.8. The second kappa shape index (κ2) is 11.0. The van der Waals surface area contributed by atoms with E-state index in [0.29, 0.717) is 18.1 Å². The molecule has 1 heterocycles. The highest BCUT2D eigenvalue weighted by Crippen LogP contribution is 2.31. The lowest BCUT2D eigenvalue weighted by Gasteiger charge is -2.30. The van der Waals surface area contributed by atoms with Crippen molar-refractivity contribution in [3.05, 3.63) is 53.6 Å². The molecule has 2 aromatic carbocycles. The van der Waals surface area contributed by atoms with Crippen LogP contribution in [-0.4, -0.2) is 68.5 Å². The molecule has 0 aromatic heterocycles. The molecule has 0 unspecified atom stereocenters. The van der Waals surface area contributed by atoms with Crippen LogP contribution in [0.2, 0.25) is 0 Å². The molecule has 0 saturated carbocycles. The number of hydrogen-bond donors (Lipinski definition) is 1. The number of ether oxygens (including phenoxy) is 2. The maximum atomic E-state index is 12.8. The highest BCUT2D eigenvalue weighted by molar-refractivity contribution is 5.92. The van der Waals surface area contributed by atoms with Crippen molar-refractivity contribution in [3.63, 3.8) is 0 Å². The van der Waals surface area contributed by atoms with Crippen LogP contribution in [0.15, 0.2) is 47.6 Å². The summed E-state index contributed by atoms with van der Waals surface area (Å²) in [6.07, 6.45) is -2.74. The van der Waals surface area contributed by atoms with Crippen molar-refractivity contribution in [3.8, 4) is 11.5 Å². The van der Waals surface area contributed by atoms with Gasteiger partial charge in [-0.25, -0.2) is 0 Å². The third-order valence-electron chi connectivity index (χ3n) is 4.95. The van der Waals surface area contributed by atoms with Gasteiger partial charge in [-0.05, 0) is 55.9 Å². The van der Waals surface area contributed by atoms with Gasteiger partial charge in [0.25, 0.3) is 5.91 Å². The second-order valence-electron chi connectivity index (χ2n) is 7.56. The van der Waals surface area contributed by atoms with Gasteiger partial charge in [0, 0.05) is 31.9 Å². The standard InChI is InChI=1S/C23H27F3N4O3/c1-3-32-21-13-17(15-27-30-11-9-29(2)10-12-30)7-8-20(21)33-16-22(31)28-19-6-4-5-18(14-19)23(24,25)26/h4-8,13-15H,3,9-12,16H2,1-2H3,(H,28,31)/b27-15+. The van der Waals surface area contributed by atoms with Crippen molar-refractivity contribution in [2.45, 2.75) is 13.1 Å². The number of piperazine rings is 1. The average molecular weight is 464 g/mol. The summed E-state index contributed by atoms with van der Waals surface area (Å²) in [5, 5.41) is 8.92. The number of hydrazone groups is 1. The quantitative estimate of drug-likeness (QED) is 0.604. The topological polar surface area (TPSA) is 66.4 Å². The number of carbonyl (C=O) groups excluding carboxylic acids is 1. The summed E-state index contributed by atoms with van der Waals surface area (Å²) < 4.78 is 49.7. The van der Waals surface area contributed by atoms with E-state index >= 15 is 0 Å². The van der Waals surface area contributed by atoms with E-state index < -0.39 is 17.6 Å². The number of anilines is 1. The largest absolute Gasteiger partial charge is 0.490 e. The molecular formula is C23H27F3N4O3. The van der Waals surface area contributed by atoms with E-state index in [1.807, 2.05) is 11.9 Å². The van der Waals surface area contributed by atoms with E-state index in [2.05, 4.69) is 22.4 Å². The van der Waals surface area contributed by atoms with Crippen molar-refractivity contribution in [2.24, 2.45) is 5.10 Å². The number of carbonyl (C=O) groups is 1. The third kappa shape index (κ3) is 7.38. The smallest absolute Gasteiger partial charge is 0.416 e. The molecular weight excluding hydrogens is 437 g/mol.